The van der Waals surface area contributed by atoms with Crippen molar-refractivity contribution in [2.75, 3.05) is 18.4 Å². The lowest BCUT2D eigenvalue weighted by Gasteiger charge is -2.20. The summed E-state index contributed by atoms with van der Waals surface area (Å²) in [4.78, 5) is 23.3. The standard InChI is InChI=1S/C17H24N2O6S/c1-4-19(5-2)26(23,24)15-10-12(7-6-11(15)3)18-16(20)13-8-9-14(25-13)17(21)22/h6-7,10,13-14H,4-5,8-9H2,1-3H3,(H,18,20)(H,21,22)/t13-,14+/m0/s1. The number of hydrogen-bond acceptors (Lipinski definition) is 5. The van der Waals surface area contributed by atoms with E-state index in [1.807, 2.05) is 0 Å². The van der Waals surface area contributed by atoms with Crippen molar-refractivity contribution >= 4 is 27.6 Å². The molecule has 1 amide bonds. The number of anilines is 1. The fourth-order valence-corrected chi connectivity index (χ4v) is 4.60. The molecule has 1 aromatic rings. The zero-order chi connectivity index (χ0) is 19.5. The zero-order valence-electron chi connectivity index (χ0n) is 15.1. The Bertz CT molecular complexity index is 788. The Morgan fingerprint density at radius 2 is 1.85 bits per heavy atom. The highest BCUT2D eigenvalue weighted by atomic mass is 32.2. The van der Waals surface area contributed by atoms with Crippen LogP contribution in [-0.2, 0) is 24.3 Å². The van der Waals surface area contributed by atoms with E-state index in [0.717, 1.165) is 0 Å². The van der Waals surface area contributed by atoms with Gasteiger partial charge >= 0.3 is 5.97 Å². The molecule has 0 unspecified atom stereocenters. The van der Waals surface area contributed by atoms with Gasteiger partial charge in [-0.25, -0.2) is 13.2 Å². The first kappa shape index (κ1) is 20.3. The van der Waals surface area contributed by atoms with Crippen molar-refractivity contribution < 1.29 is 27.9 Å². The van der Waals surface area contributed by atoms with E-state index in [0.29, 0.717) is 30.8 Å². The molecule has 26 heavy (non-hydrogen) atoms. The molecule has 1 aliphatic heterocycles. The maximum absolute atomic E-state index is 12.8. The zero-order valence-corrected chi connectivity index (χ0v) is 15.9. The third-order valence-corrected chi connectivity index (χ3v) is 6.56. The van der Waals surface area contributed by atoms with Crippen molar-refractivity contribution in [3.63, 3.8) is 0 Å². The number of aryl methyl sites for hydroxylation is 1. The molecular weight excluding hydrogens is 360 g/mol. The van der Waals surface area contributed by atoms with Gasteiger partial charge in [0.1, 0.15) is 6.10 Å². The third kappa shape index (κ3) is 4.22. The normalized spacial score (nSPS) is 20.3. The van der Waals surface area contributed by atoms with Gasteiger partial charge in [0.05, 0.1) is 4.90 Å². The summed E-state index contributed by atoms with van der Waals surface area (Å²) >= 11 is 0. The molecule has 8 nitrogen and oxygen atoms in total. The van der Waals surface area contributed by atoms with Crippen LogP contribution < -0.4 is 5.32 Å². The highest BCUT2D eigenvalue weighted by Crippen LogP contribution is 2.25. The summed E-state index contributed by atoms with van der Waals surface area (Å²) in [5, 5.41) is 11.5. The number of amides is 1. The summed E-state index contributed by atoms with van der Waals surface area (Å²) in [6.45, 7) is 5.92. The number of benzene rings is 1. The number of carbonyl (C=O) groups excluding carboxylic acids is 1. The van der Waals surface area contributed by atoms with Crippen molar-refractivity contribution in [3.05, 3.63) is 23.8 Å². The fraction of sp³-hybridized carbons (Fsp3) is 0.529. The number of carboxylic acid groups (broad SMARTS) is 1. The monoisotopic (exact) mass is 384 g/mol. The molecule has 2 rings (SSSR count). The van der Waals surface area contributed by atoms with Crippen molar-refractivity contribution in [2.24, 2.45) is 0 Å². The number of nitrogens with zero attached hydrogens (tertiary/aromatic N) is 1. The van der Waals surface area contributed by atoms with Crippen LogP contribution in [0.2, 0.25) is 0 Å². The quantitative estimate of drug-likeness (QED) is 0.738. The lowest BCUT2D eigenvalue weighted by atomic mass is 10.2. The number of ether oxygens (including phenoxy) is 1. The Morgan fingerprint density at radius 3 is 2.38 bits per heavy atom. The van der Waals surface area contributed by atoms with E-state index in [9.17, 15) is 18.0 Å². The Morgan fingerprint density at radius 1 is 1.23 bits per heavy atom. The van der Waals surface area contributed by atoms with Crippen LogP contribution in [0.5, 0.6) is 0 Å². The number of hydrogen-bond donors (Lipinski definition) is 2. The van der Waals surface area contributed by atoms with E-state index in [2.05, 4.69) is 5.32 Å². The summed E-state index contributed by atoms with van der Waals surface area (Å²) in [5.41, 5.74) is 0.909. The number of aliphatic carboxylic acids is 1. The molecule has 2 N–H and O–H groups in total. The number of carbonyl (C=O) groups is 2. The van der Waals surface area contributed by atoms with Gasteiger partial charge < -0.3 is 15.2 Å². The van der Waals surface area contributed by atoms with Crippen molar-refractivity contribution in [2.45, 2.75) is 50.7 Å². The van der Waals surface area contributed by atoms with E-state index in [-0.39, 0.29) is 11.3 Å². The SMILES string of the molecule is CCN(CC)S(=O)(=O)c1cc(NC(=O)[C@@H]2CC[C@H](C(=O)O)O2)ccc1C. The van der Waals surface area contributed by atoms with E-state index >= 15 is 0 Å². The van der Waals surface area contributed by atoms with E-state index in [1.165, 1.54) is 10.4 Å². The molecule has 2 atom stereocenters. The van der Waals surface area contributed by atoms with Gasteiger partial charge in [0.15, 0.2) is 6.10 Å². The molecular formula is C17H24N2O6S. The summed E-state index contributed by atoms with van der Waals surface area (Å²) in [6.07, 6.45) is -1.27. The first-order valence-electron chi connectivity index (χ1n) is 8.50. The van der Waals surface area contributed by atoms with Gasteiger partial charge in [-0.05, 0) is 37.5 Å². The Kier molecular flexibility index (Phi) is 6.38. The Labute approximate surface area is 153 Å². The minimum Gasteiger partial charge on any atom is -0.479 e. The van der Waals surface area contributed by atoms with E-state index in [4.69, 9.17) is 9.84 Å². The van der Waals surface area contributed by atoms with Gasteiger partial charge in [-0.1, -0.05) is 19.9 Å². The van der Waals surface area contributed by atoms with Gasteiger partial charge in [0.2, 0.25) is 10.0 Å². The minimum atomic E-state index is -3.66. The highest BCUT2D eigenvalue weighted by Gasteiger charge is 2.35. The molecule has 0 aromatic heterocycles. The second-order valence-electron chi connectivity index (χ2n) is 6.09. The second kappa shape index (κ2) is 8.15. The van der Waals surface area contributed by atoms with Gasteiger partial charge in [0, 0.05) is 18.8 Å². The molecule has 144 valence electrons. The molecule has 1 aliphatic rings. The van der Waals surface area contributed by atoms with Gasteiger partial charge in [0.25, 0.3) is 5.91 Å². The van der Waals surface area contributed by atoms with Gasteiger partial charge in [-0.2, -0.15) is 4.31 Å². The average Bonchev–Trinajstić information content (AvgIpc) is 3.07. The average molecular weight is 384 g/mol. The topological polar surface area (TPSA) is 113 Å². The maximum atomic E-state index is 12.8. The number of nitrogens with one attached hydrogen (secondary N) is 1. The predicted molar refractivity (Wildman–Crippen MR) is 95.4 cm³/mol. The van der Waals surface area contributed by atoms with Crippen molar-refractivity contribution in [1.29, 1.82) is 0 Å². The van der Waals surface area contributed by atoms with Crippen LogP contribution in [0.15, 0.2) is 23.1 Å². The molecule has 1 heterocycles. The lowest BCUT2D eigenvalue weighted by Crippen LogP contribution is -2.32. The molecule has 9 heteroatoms. The van der Waals surface area contributed by atoms with Crippen LogP contribution >= 0.6 is 0 Å². The number of sulfonamides is 1. The largest absolute Gasteiger partial charge is 0.479 e. The van der Waals surface area contributed by atoms with Crippen LogP contribution in [0, 0.1) is 6.92 Å². The second-order valence-corrected chi connectivity index (χ2v) is 7.99. The van der Waals surface area contributed by atoms with Crippen LogP contribution in [0.1, 0.15) is 32.3 Å². The maximum Gasteiger partial charge on any atom is 0.332 e. The molecule has 0 bridgehead atoms. The highest BCUT2D eigenvalue weighted by molar-refractivity contribution is 7.89. The smallest absolute Gasteiger partial charge is 0.332 e. The summed E-state index contributed by atoms with van der Waals surface area (Å²) in [7, 11) is -3.66. The molecule has 1 aromatic carbocycles. The third-order valence-electron chi connectivity index (χ3n) is 4.37. The lowest BCUT2D eigenvalue weighted by molar-refractivity contribution is -0.150. The molecule has 0 saturated carbocycles. The molecule has 0 radical (unpaired) electrons. The van der Waals surface area contributed by atoms with Crippen LogP contribution in [0.3, 0.4) is 0 Å². The fourth-order valence-electron chi connectivity index (χ4n) is 2.89. The van der Waals surface area contributed by atoms with Crippen molar-refractivity contribution in [1.82, 2.24) is 4.31 Å². The summed E-state index contributed by atoms with van der Waals surface area (Å²) in [5.74, 6) is -1.58. The first-order valence-corrected chi connectivity index (χ1v) is 9.94. The van der Waals surface area contributed by atoms with Crippen LogP contribution in [-0.4, -0.2) is 55.0 Å². The number of carboxylic acids is 1. The molecule has 1 fully saturated rings. The van der Waals surface area contributed by atoms with E-state index < -0.39 is 34.1 Å². The van der Waals surface area contributed by atoms with Crippen LogP contribution in [0.25, 0.3) is 0 Å². The van der Waals surface area contributed by atoms with Gasteiger partial charge in [-0.15, -0.1) is 0 Å². The summed E-state index contributed by atoms with van der Waals surface area (Å²) < 4.78 is 32.1. The first-order chi connectivity index (χ1) is 12.2. The minimum absolute atomic E-state index is 0.134. The summed E-state index contributed by atoms with van der Waals surface area (Å²) in [6, 6.07) is 4.66. The molecule has 1 saturated heterocycles. The van der Waals surface area contributed by atoms with Crippen molar-refractivity contribution in [3.8, 4) is 0 Å². The predicted octanol–water partition coefficient (Wildman–Crippen LogP) is 1.60. The Hall–Kier alpha value is -1.97. The molecule has 0 spiro atoms. The van der Waals surface area contributed by atoms with E-state index in [1.54, 1.807) is 32.9 Å². The Balaban J connectivity index is 2.20. The van der Waals surface area contributed by atoms with Gasteiger partial charge in [-0.3, -0.25) is 4.79 Å². The van der Waals surface area contributed by atoms with Crippen LogP contribution in [0.4, 0.5) is 5.69 Å². The number of rotatable bonds is 7. The molecule has 0 aliphatic carbocycles.